The van der Waals surface area contributed by atoms with Crippen molar-refractivity contribution in [3.63, 3.8) is 0 Å². The molecule has 13 heavy (non-hydrogen) atoms. The number of halogens is 1. The molecule has 2 heteroatoms. The lowest BCUT2D eigenvalue weighted by atomic mass is 10.2. The van der Waals surface area contributed by atoms with Crippen LogP contribution in [0.3, 0.4) is 0 Å². The summed E-state index contributed by atoms with van der Waals surface area (Å²) in [6.45, 7) is 3.15. The molecule has 0 heterocycles. The fourth-order valence-corrected chi connectivity index (χ4v) is 1.54. The highest BCUT2D eigenvalue weighted by Gasteiger charge is 2.20. The van der Waals surface area contributed by atoms with E-state index in [2.05, 4.69) is 18.3 Å². The van der Waals surface area contributed by atoms with Crippen molar-refractivity contribution in [1.29, 1.82) is 0 Å². The molecule has 0 saturated heterocycles. The summed E-state index contributed by atoms with van der Waals surface area (Å²) in [7, 11) is 0. The van der Waals surface area contributed by atoms with Crippen LogP contribution >= 0.6 is 11.6 Å². The van der Waals surface area contributed by atoms with Gasteiger partial charge in [-0.15, -0.1) is 0 Å². The van der Waals surface area contributed by atoms with Crippen LogP contribution in [0.2, 0.25) is 5.02 Å². The molecule has 0 bridgehead atoms. The second kappa shape index (κ2) is 3.59. The zero-order valence-corrected chi connectivity index (χ0v) is 8.56. The van der Waals surface area contributed by atoms with E-state index in [-0.39, 0.29) is 0 Å². The molecule has 1 aromatic rings. The Kier molecular flexibility index (Phi) is 2.45. The van der Waals surface area contributed by atoms with E-state index in [0.717, 1.165) is 23.2 Å². The Morgan fingerprint density at radius 1 is 1.46 bits per heavy atom. The molecule has 1 aliphatic rings. The SMILES string of the molecule is Cc1ccc(Cl)c(NCC2CC2)c1. The zero-order chi connectivity index (χ0) is 9.26. The lowest BCUT2D eigenvalue weighted by Gasteiger charge is -2.07. The van der Waals surface area contributed by atoms with E-state index in [1.807, 2.05) is 12.1 Å². The average Bonchev–Trinajstić information content (AvgIpc) is 2.90. The molecule has 0 radical (unpaired) electrons. The summed E-state index contributed by atoms with van der Waals surface area (Å²) in [5.41, 5.74) is 2.33. The van der Waals surface area contributed by atoms with Gasteiger partial charge in [-0.3, -0.25) is 0 Å². The van der Waals surface area contributed by atoms with Gasteiger partial charge in [-0.2, -0.15) is 0 Å². The van der Waals surface area contributed by atoms with Crippen molar-refractivity contribution in [3.05, 3.63) is 28.8 Å². The highest BCUT2D eigenvalue weighted by Crippen LogP contribution is 2.30. The molecule has 2 rings (SSSR count). The Labute approximate surface area is 84.1 Å². The summed E-state index contributed by atoms with van der Waals surface area (Å²) in [4.78, 5) is 0. The van der Waals surface area contributed by atoms with Crippen LogP contribution < -0.4 is 5.32 Å². The lowest BCUT2D eigenvalue weighted by Crippen LogP contribution is -2.03. The van der Waals surface area contributed by atoms with E-state index in [0.29, 0.717) is 0 Å². The third kappa shape index (κ3) is 2.38. The van der Waals surface area contributed by atoms with Gasteiger partial charge >= 0.3 is 0 Å². The van der Waals surface area contributed by atoms with Crippen LogP contribution in [-0.4, -0.2) is 6.54 Å². The summed E-state index contributed by atoms with van der Waals surface area (Å²) in [6, 6.07) is 6.08. The fourth-order valence-electron chi connectivity index (χ4n) is 1.35. The number of rotatable bonds is 3. The monoisotopic (exact) mass is 195 g/mol. The van der Waals surface area contributed by atoms with Crippen LogP contribution in [0.5, 0.6) is 0 Å². The minimum Gasteiger partial charge on any atom is -0.384 e. The van der Waals surface area contributed by atoms with Crippen LogP contribution in [0.15, 0.2) is 18.2 Å². The molecule has 0 amide bonds. The third-order valence-corrected chi connectivity index (χ3v) is 2.73. The number of anilines is 1. The standard InChI is InChI=1S/C11H14ClN/c1-8-2-5-10(12)11(6-8)13-7-9-3-4-9/h2,5-6,9,13H,3-4,7H2,1H3. The van der Waals surface area contributed by atoms with Crippen molar-refractivity contribution in [1.82, 2.24) is 0 Å². The molecule has 0 spiro atoms. The first-order valence-electron chi connectivity index (χ1n) is 4.76. The van der Waals surface area contributed by atoms with Crippen molar-refractivity contribution in [2.75, 3.05) is 11.9 Å². The molecule has 0 atom stereocenters. The van der Waals surface area contributed by atoms with Crippen LogP contribution in [0.1, 0.15) is 18.4 Å². The van der Waals surface area contributed by atoms with Gasteiger partial charge in [0, 0.05) is 6.54 Å². The second-order valence-corrected chi connectivity index (χ2v) is 4.21. The van der Waals surface area contributed by atoms with Gasteiger partial charge in [0.25, 0.3) is 0 Å². The normalized spacial score (nSPS) is 15.8. The Morgan fingerprint density at radius 3 is 2.92 bits per heavy atom. The predicted molar refractivity (Wildman–Crippen MR) is 57.4 cm³/mol. The van der Waals surface area contributed by atoms with E-state index in [9.17, 15) is 0 Å². The van der Waals surface area contributed by atoms with Gasteiger partial charge in [-0.25, -0.2) is 0 Å². The maximum absolute atomic E-state index is 6.04. The van der Waals surface area contributed by atoms with Gasteiger partial charge in [0.05, 0.1) is 10.7 Å². The molecule has 1 saturated carbocycles. The van der Waals surface area contributed by atoms with Gasteiger partial charge in [0.1, 0.15) is 0 Å². The maximum Gasteiger partial charge on any atom is 0.0637 e. The number of hydrogen-bond donors (Lipinski definition) is 1. The van der Waals surface area contributed by atoms with Crippen molar-refractivity contribution >= 4 is 17.3 Å². The molecule has 1 nitrogen and oxygen atoms in total. The second-order valence-electron chi connectivity index (χ2n) is 3.81. The number of nitrogens with one attached hydrogen (secondary N) is 1. The third-order valence-electron chi connectivity index (χ3n) is 2.40. The molecule has 1 aromatic carbocycles. The number of benzene rings is 1. The molecular formula is C11H14ClN. The Morgan fingerprint density at radius 2 is 2.23 bits per heavy atom. The van der Waals surface area contributed by atoms with Gasteiger partial charge in [0.2, 0.25) is 0 Å². The van der Waals surface area contributed by atoms with E-state index in [1.54, 1.807) is 0 Å². The molecule has 0 aliphatic heterocycles. The molecule has 1 fully saturated rings. The summed E-state index contributed by atoms with van der Waals surface area (Å²) >= 11 is 6.04. The number of hydrogen-bond acceptors (Lipinski definition) is 1. The van der Waals surface area contributed by atoms with Crippen LogP contribution in [0.25, 0.3) is 0 Å². The fraction of sp³-hybridized carbons (Fsp3) is 0.455. The first-order chi connectivity index (χ1) is 6.25. The van der Waals surface area contributed by atoms with E-state index >= 15 is 0 Å². The van der Waals surface area contributed by atoms with Gasteiger partial charge in [-0.05, 0) is 43.4 Å². The van der Waals surface area contributed by atoms with Gasteiger partial charge in [0.15, 0.2) is 0 Å². The van der Waals surface area contributed by atoms with Crippen LogP contribution in [0.4, 0.5) is 5.69 Å². The summed E-state index contributed by atoms with van der Waals surface area (Å²) < 4.78 is 0. The van der Waals surface area contributed by atoms with Crippen LogP contribution in [-0.2, 0) is 0 Å². The largest absolute Gasteiger partial charge is 0.384 e. The molecule has 1 aliphatic carbocycles. The maximum atomic E-state index is 6.04. The van der Waals surface area contributed by atoms with Crippen molar-refractivity contribution in [2.24, 2.45) is 5.92 Å². The van der Waals surface area contributed by atoms with Gasteiger partial charge < -0.3 is 5.32 Å². The highest BCUT2D eigenvalue weighted by molar-refractivity contribution is 6.33. The van der Waals surface area contributed by atoms with Crippen molar-refractivity contribution in [2.45, 2.75) is 19.8 Å². The summed E-state index contributed by atoms with van der Waals surface area (Å²) in [5.74, 6) is 0.886. The number of aryl methyl sites for hydroxylation is 1. The smallest absolute Gasteiger partial charge is 0.0637 e. The van der Waals surface area contributed by atoms with E-state index in [1.165, 1.54) is 18.4 Å². The highest BCUT2D eigenvalue weighted by atomic mass is 35.5. The van der Waals surface area contributed by atoms with Gasteiger partial charge in [-0.1, -0.05) is 17.7 Å². The minimum absolute atomic E-state index is 0.825. The molecular weight excluding hydrogens is 182 g/mol. The Balaban J connectivity index is 2.03. The zero-order valence-electron chi connectivity index (χ0n) is 7.81. The molecule has 0 unspecified atom stereocenters. The first-order valence-corrected chi connectivity index (χ1v) is 5.13. The van der Waals surface area contributed by atoms with Crippen LogP contribution in [0, 0.1) is 12.8 Å². The average molecular weight is 196 g/mol. The van der Waals surface area contributed by atoms with Crippen molar-refractivity contribution < 1.29 is 0 Å². The summed E-state index contributed by atoms with van der Waals surface area (Å²) in [5, 5.41) is 4.21. The topological polar surface area (TPSA) is 12.0 Å². The predicted octanol–water partition coefficient (Wildman–Crippen LogP) is 3.47. The Hall–Kier alpha value is -0.690. The first kappa shape index (κ1) is 8.89. The van der Waals surface area contributed by atoms with E-state index in [4.69, 9.17) is 11.6 Å². The lowest BCUT2D eigenvalue weighted by molar-refractivity contribution is 0.889. The summed E-state index contributed by atoms with van der Waals surface area (Å²) in [6.07, 6.45) is 2.74. The van der Waals surface area contributed by atoms with E-state index < -0.39 is 0 Å². The molecule has 70 valence electrons. The molecule has 0 aromatic heterocycles. The molecule has 1 N–H and O–H groups in total. The Bertz CT molecular complexity index is 305. The minimum atomic E-state index is 0.825. The van der Waals surface area contributed by atoms with Crippen molar-refractivity contribution in [3.8, 4) is 0 Å². The quantitative estimate of drug-likeness (QED) is 0.779.